The second kappa shape index (κ2) is 11.6. The van der Waals surface area contributed by atoms with E-state index in [4.69, 9.17) is 4.74 Å². The van der Waals surface area contributed by atoms with E-state index in [1.165, 1.54) is 51.4 Å². The van der Waals surface area contributed by atoms with E-state index in [-0.39, 0.29) is 17.3 Å². The lowest BCUT2D eigenvalue weighted by Crippen LogP contribution is -2.51. The number of hydrogen-bond acceptors (Lipinski definition) is 3. The topological polar surface area (TPSA) is 63.6 Å². The van der Waals surface area contributed by atoms with Crippen molar-refractivity contribution in [1.82, 2.24) is 0 Å². The Morgan fingerprint density at radius 2 is 1.78 bits per heavy atom. The zero-order chi connectivity index (χ0) is 27.0. The molecule has 0 aromatic heterocycles. The van der Waals surface area contributed by atoms with Crippen LogP contribution in [0, 0.1) is 46.3 Å². The standard InChI is InChI=1S/C32H56O4S/c1-7-9-26(21-37(33,34)35)36-25-16-18-31(5)24(20-25)12-13-27-29-15-14-28(23(4)11-8-10-22(2)3)32(29,6)19-17-30(27)31/h12,22-23,25-30H,7-11,13-21H2,1-6H3,(H,33,34,35)/t23-,25?,26?,27?,28-,29?,30?,31+,32-/m1/s1. The summed E-state index contributed by atoms with van der Waals surface area (Å²) >= 11 is 0. The molecule has 4 aliphatic carbocycles. The van der Waals surface area contributed by atoms with Gasteiger partial charge in [0.15, 0.2) is 0 Å². The van der Waals surface area contributed by atoms with Crippen molar-refractivity contribution >= 4 is 10.1 Å². The summed E-state index contributed by atoms with van der Waals surface area (Å²) < 4.78 is 38.8. The lowest BCUT2D eigenvalue weighted by atomic mass is 9.47. The van der Waals surface area contributed by atoms with Crippen LogP contribution in [0.1, 0.15) is 125 Å². The van der Waals surface area contributed by atoms with Crippen LogP contribution in [0.3, 0.4) is 0 Å². The van der Waals surface area contributed by atoms with Crippen LogP contribution in [0.5, 0.6) is 0 Å². The summed E-state index contributed by atoms with van der Waals surface area (Å²) in [5.74, 6) is 4.76. The second-order valence-electron chi connectivity index (χ2n) is 14.4. The molecular weight excluding hydrogens is 480 g/mol. The third-order valence-electron chi connectivity index (χ3n) is 11.7. The van der Waals surface area contributed by atoms with Crippen LogP contribution in [-0.2, 0) is 14.9 Å². The molecule has 3 saturated carbocycles. The molecule has 0 amide bonds. The Bertz CT molecular complexity index is 910. The minimum Gasteiger partial charge on any atom is -0.374 e. The molecule has 0 saturated heterocycles. The highest BCUT2D eigenvalue weighted by atomic mass is 32.2. The fourth-order valence-corrected chi connectivity index (χ4v) is 10.5. The van der Waals surface area contributed by atoms with Crippen LogP contribution in [0.2, 0.25) is 0 Å². The minimum atomic E-state index is -4.02. The quantitative estimate of drug-likeness (QED) is 0.212. The van der Waals surface area contributed by atoms with Gasteiger partial charge in [0.1, 0.15) is 5.75 Å². The van der Waals surface area contributed by atoms with Crippen molar-refractivity contribution in [2.75, 3.05) is 5.75 Å². The van der Waals surface area contributed by atoms with E-state index in [1.54, 1.807) is 5.57 Å². The molecule has 0 aromatic rings. The van der Waals surface area contributed by atoms with E-state index < -0.39 is 16.2 Å². The zero-order valence-corrected chi connectivity index (χ0v) is 25.5. The molecule has 0 bridgehead atoms. The SMILES string of the molecule is CCCC(CS(=O)(=O)O)OC1CC[C@@]2(C)C(=CCC3C2CC[C@@]2(C)C3CC[C@@H]2[C@H](C)CCCC(C)C)C1. The molecule has 5 heteroatoms. The molecule has 4 aliphatic rings. The number of fused-ring (bicyclic) bond motifs is 5. The maximum absolute atomic E-state index is 11.5. The normalized spacial score (nSPS) is 39.5. The molecule has 4 rings (SSSR count). The average Bonchev–Trinajstić information content (AvgIpc) is 3.15. The molecular formula is C32H56O4S. The van der Waals surface area contributed by atoms with Gasteiger partial charge in [-0.05, 0) is 104 Å². The Kier molecular flexibility index (Phi) is 9.29. The fraction of sp³-hybridized carbons (Fsp3) is 0.938. The van der Waals surface area contributed by atoms with Crippen molar-refractivity contribution in [3.63, 3.8) is 0 Å². The Morgan fingerprint density at radius 1 is 1.03 bits per heavy atom. The molecule has 4 nitrogen and oxygen atoms in total. The van der Waals surface area contributed by atoms with Crippen molar-refractivity contribution in [3.8, 4) is 0 Å². The summed E-state index contributed by atoms with van der Waals surface area (Å²) in [7, 11) is -4.02. The Balaban J connectivity index is 1.43. The van der Waals surface area contributed by atoms with Gasteiger partial charge in [0.25, 0.3) is 10.1 Å². The van der Waals surface area contributed by atoms with E-state index in [0.717, 1.165) is 61.2 Å². The summed E-state index contributed by atoms with van der Waals surface area (Å²) in [6.07, 6.45) is 17.9. The first-order valence-corrected chi connectivity index (χ1v) is 17.3. The Morgan fingerprint density at radius 3 is 2.46 bits per heavy atom. The van der Waals surface area contributed by atoms with E-state index in [9.17, 15) is 13.0 Å². The van der Waals surface area contributed by atoms with Gasteiger partial charge >= 0.3 is 0 Å². The number of hydrogen-bond donors (Lipinski definition) is 1. The fourth-order valence-electron chi connectivity index (χ4n) is 9.79. The monoisotopic (exact) mass is 536 g/mol. The van der Waals surface area contributed by atoms with Gasteiger partial charge in [-0.15, -0.1) is 0 Å². The Hall–Kier alpha value is -0.390. The molecule has 0 heterocycles. The van der Waals surface area contributed by atoms with Gasteiger partial charge in [-0.1, -0.05) is 78.9 Å². The van der Waals surface area contributed by atoms with Crippen molar-refractivity contribution < 1.29 is 17.7 Å². The Labute approximate surface area is 228 Å². The summed E-state index contributed by atoms with van der Waals surface area (Å²) in [5.41, 5.74) is 2.37. The maximum Gasteiger partial charge on any atom is 0.267 e. The van der Waals surface area contributed by atoms with Gasteiger partial charge in [-0.25, -0.2) is 0 Å². The van der Waals surface area contributed by atoms with Gasteiger partial charge < -0.3 is 4.74 Å². The highest BCUT2D eigenvalue weighted by molar-refractivity contribution is 7.85. The molecule has 214 valence electrons. The summed E-state index contributed by atoms with van der Waals surface area (Å²) in [5, 5.41) is 0. The molecule has 37 heavy (non-hydrogen) atoms. The number of allylic oxidation sites excluding steroid dienone is 1. The first-order valence-electron chi connectivity index (χ1n) is 15.7. The summed E-state index contributed by atoms with van der Waals surface area (Å²) in [4.78, 5) is 0. The van der Waals surface area contributed by atoms with Crippen molar-refractivity contribution in [2.45, 2.75) is 137 Å². The average molecular weight is 537 g/mol. The molecule has 5 unspecified atom stereocenters. The van der Waals surface area contributed by atoms with Crippen LogP contribution >= 0.6 is 0 Å². The molecule has 1 N–H and O–H groups in total. The lowest BCUT2D eigenvalue weighted by Gasteiger charge is -2.58. The smallest absolute Gasteiger partial charge is 0.267 e. The van der Waals surface area contributed by atoms with Crippen LogP contribution in [0.15, 0.2) is 11.6 Å². The minimum absolute atomic E-state index is 0.0746. The molecule has 0 radical (unpaired) electrons. The van der Waals surface area contributed by atoms with Crippen molar-refractivity contribution in [1.29, 1.82) is 0 Å². The van der Waals surface area contributed by atoms with E-state index in [0.29, 0.717) is 11.8 Å². The van der Waals surface area contributed by atoms with E-state index >= 15 is 0 Å². The number of ether oxygens (including phenoxy) is 1. The number of rotatable bonds is 11. The first-order chi connectivity index (χ1) is 17.4. The molecule has 9 atom stereocenters. The van der Waals surface area contributed by atoms with Gasteiger partial charge in [-0.2, -0.15) is 8.42 Å². The van der Waals surface area contributed by atoms with E-state index in [1.807, 2.05) is 6.92 Å². The molecule has 0 spiro atoms. The second-order valence-corrected chi connectivity index (χ2v) is 15.9. The first kappa shape index (κ1) is 29.6. The van der Waals surface area contributed by atoms with Crippen LogP contribution < -0.4 is 0 Å². The van der Waals surface area contributed by atoms with Gasteiger partial charge in [0, 0.05) is 0 Å². The lowest BCUT2D eigenvalue weighted by molar-refractivity contribution is -0.0735. The highest BCUT2D eigenvalue weighted by Crippen LogP contribution is 2.67. The largest absolute Gasteiger partial charge is 0.374 e. The van der Waals surface area contributed by atoms with Crippen LogP contribution in [0.4, 0.5) is 0 Å². The maximum atomic E-state index is 11.5. The molecule has 3 fully saturated rings. The summed E-state index contributed by atoms with van der Waals surface area (Å²) in [6, 6.07) is 0. The van der Waals surface area contributed by atoms with E-state index in [2.05, 4.69) is 40.7 Å². The van der Waals surface area contributed by atoms with Crippen LogP contribution in [-0.4, -0.2) is 30.9 Å². The van der Waals surface area contributed by atoms with Gasteiger partial charge in [0.2, 0.25) is 0 Å². The van der Waals surface area contributed by atoms with Gasteiger partial charge in [0.05, 0.1) is 12.2 Å². The summed E-state index contributed by atoms with van der Waals surface area (Å²) in [6.45, 7) is 14.5. The highest BCUT2D eigenvalue weighted by Gasteiger charge is 2.59. The third kappa shape index (κ3) is 6.35. The van der Waals surface area contributed by atoms with Crippen molar-refractivity contribution in [2.24, 2.45) is 46.3 Å². The van der Waals surface area contributed by atoms with Crippen molar-refractivity contribution in [3.05, 3.63) is 11.6 Å². The third-order valence-corrected chi connectivity index (χ3v) is 12.4. The van der Waals surface area contributed by atoms with Gasteiger partial charge in [-0.3, -0.25) is 4.55 Å². The predicted octanol–water partition coefficient (Wildman–Crippen LogP) is 8.47. The predicted molar refractivity (Wildman–Crippen MR) is 153 cm³/mol. The van der Waals surface area contributed by atoms with Crippen LogP contribution in [0.25, 0.3) is 0 Å². The molecule has 0 aliphatic heterocycles. The molecule has 0 aromatic carbocycles. The zero-order valence-electron chi connectivity index (χ0n) is 24.7.